The summed E-state index contributed by atoms with van der Waals surface area (Å²) in [4.78, 5) is 8.07. The molecule has 0 aliphatic rings. The van der Waals surface area contributed by atoms with Gasteiger partial charge in [-0.1, -0.05) is 16.8 Å². The molecule has 0 aliphatic carbocycles. The van der Waals surface area contributed by atoms with Gasteiger partial charge >= 0.3 is 0 Å². The molecule has 2 heterocycles. The van der Waals surface area contributed by atoms with E-state index in [1.807, 2.05) is 26.8 Å². The van der Waals surface area contributed by atoms with Crippen molar-refractivity contribution in [3.63, 3.8) is 0 Å². The highest BCUT2D eigenvalue weighted by Gasteiger charge is 2.13. The lowest BCUT2D eigenvalue weighted by atomic mass is 10.2. The molecular weight excluding hydrogens is 306 g/mol. The summed E-state index contributed by atoms with van der Waals surface area (Å²) in [6.45, 7) is 6.82. The molecule has 0 aliphatic heterocycles. The van der Waals surface area contributed by atoms with E-state index in [1.54, 1.807) is 7.05 Å². The molecule has 8 heteroatoms. The minimum atomic E-state index is -0.218. The highest BCUT2D eigenvalue weighted by molar-refractivity contribution is 6.32. The number of hydrogen-bond donors (Lipinski definition) is 2. The molecule has 0 aromatic carbocycles. The van der Waals surface area contributed by atoms with E-state index in [1.165, 1.54) is 6.33 Å². The summed E-state index contributed by atoms with van der Waals surface area (Å²) in [6, 6.07) is 1.85. The van der Waals surface area contributed by atoms with Crippen molar-refractivity contribution in [2.45, 2.75) is 39.5 Å². The molecule has 2 rings (SSSR count). The fourth-order valence-corrected chi connectivity index (χ4v) is 1.92. The maximum atomic E-state index is 6.00. The van der Waals surface area contributed by atoms with Crippen LogP contribution in [0.15, 0.2) is 16.9 Å². The van der Waals surface area contributed by atoms with Crippen LogP contribution in [0.3, 0.4) is 0 Å². The third-order valence-corrected chi connectivity index (χ3v) is 3.03. The van der Waals surface area contributed by atoms with Crippen LogP contribution in [-0.2, 0) is 17.9 Å². The zero-order valence-electron chi connectivity index (χ0n) is 13.1. The third kappa shape index (κ3) is 4.57. The van der Waals surface area contributed by atoms with Gasteiger partial charge < -0.3 is 19.9 Å². The van der Waals surface area contributed by atoms with Gasteiger partial charge in [0.1, 0.15) is 24.3 Å². The van der Waals surface area contributed by atoms with E-state index < -0.39 is 0 Å². The van der Waals surface area contributed by atoms with Crippen LogP contribution in [-0.4, -0.2) is 27.8 Å². The van der Waals surface area contributed by atoms with E-state index in [2.05, 4.69) is 25.8 Å². The third-order valence-electron chi connectivity index (χ3n) is 2.74. The summed E-state index contributed by atoms with van der Waals surface area (Å²) in [5, 5.41) is 10.5. The molecular formula is C14H20ClN5O2. The minimum absolute atomic E-state index is 0.218. The largest absolute Gasteiger partial charge is 0.383 e. The predicted octanol–water partition coefficient (Wildman–Crippen LogP) is 3.09. The van der Waals surface area contributed by atoms with Crippen molar-refractivity contribution in [2.75, 3.05) is 17.7 Å². The second kappa shape index (κ2) is 6.93. The van der Waals surface area contributed by atoms with E-state index in [0.29, 0.717) is 35.6 Å². The van der Waals surface area contributed by atoms with Crippen LogP contribution in [0.25, 0.3) is 0 Å². The van der Waals surface area contributed by atoms with Crippen LogP contribution in [0.1, 0.15) is 32.2 Å². The molecule has 0 unspecified atom stereocenters. The predicted molar refractivity (Wildman–Crippen MR) is 85.0 cm³/mol. The molecule has 7 nitrogen and oxygen atoms in total. The number of aromatic nitrogens is 3. The van der Waals surface area contributed by atoms with Crippen molar-refractivity contribution >= 4 is 23.1 Å². The molecule has 0 atom stereocenters. The normalized spacial score (nSPS) is 11.5. The summed E-state index contributed by atoms with van der Waals surface area (Å²) in [7, 11) is 1.76. The first-order valence-electron chi connectivity index (χ1n) is 6.89. The molecule has 0 radical (unpaired) electrons. The maximum absolute atomic E-state index is 6.00. The molecule has 0 fully saturated rings. The van der Waals surface area contributed by atoms with Crippen LogP contribution in [0.2, 0.25) is 5.15 Å². The van der Waals surface area contributed by atoms with Gasteiger partial charge in [0.15, 0.2) is 16.7 Å². The first-order chi connectivity index (χ1) is 10.4. The Labute approximate surface area is 134 Å². The van der Waals surface area contributed by atoms with Crippen molar-refractivity contribution in [3.8, 4) is 0 Å². The zero-order chi connectivity index (χ0) is 16.2. The van der Waals surface area contributed by atoms with Crippen LogP contribution < -0.4 is 10.6 Å². The zero-order valence-corrected chi connectivity index (χ0v) is 13.9. The van der Waals surface area contributed by atoms with Crippen molar-refractivity contribution in [1.29, 1.82) is 0 Å². The van der Waals surface area contributed by atoms with Gasteiger partial charge in [0, 0.05) is 13.1 Å². The van der Waals surface area contributed by atoms with Crippen molar-refractivity contribution in [2.24, 2.45) is 0 Å². The van der Waals surface area contributed by atoms with Gasteiger partial charge in [-0.25, -0.2) is 9.97 Å². The molecule has 0 amide bonds. The van der Waals surface area contributed by atoms with Crippen LogP contribution in [0, 0.1) is 0 Å². The maximum Gasteiger partial charge on any atom is 0.162 e. The van der Waals surface area contributed by atoms with E-state index in [0.717, 1.165) is 5.69 Å². The molecule has 0 saturated carbocycles. The number of halogens is 1. The van der Waals surface area contributed by atoms with Gasteiger partial charge in [-0.15, -0.1) is 0 Å². The fourth-order valence-electron chi connectivity index (χ4n) is 1.69. The Morgan fingerprint density at radius 2 is 2.09 bits per heavy atom. The summed E-state index contributed by atoms with van der Waals surface area (Å²) in [5.74, 6) is 1.29. The smallest absolute Gasteiger partial charge is 0.162 e. The number of nitrogens with one attached hydrogen (secondary N) is 2. The summed E-state index contributed by atoms with van der Waals surface area (Å²) < 4.78 is 10.9. The van der Waals surface area contributed by atoms with Crippen LogP contribution in [0.4, 0.5) is 11.5 Å². The monoisotopic (exact) mass is 325 g/mol. The number of anilines is 2. The number of rotatable bonds is 6. The van der Waals surface area contributed by atoms with E-state index >= 15 is 0 Å². The molecule has 2 aromatic rings. The Morgan fingerprint density at radius 3 is 2.77 bits per heavy atom. The Balaban J connectivity index is 1.95. The van der Waals surface area contributed by atoms with E-state index in [4.69, 9.17) is 20.9 Å². The number of ether oxygens (including phenoxy) is 1. The minimum Gasteiger partial charge on any atom is -0.383 e. The second-order valence-corrected chi connectivity index (χ2v) is 6.04. The lowest BCUT2D eigenvalue weighted by Crippen LogP contribution is -2.18. The molecule has 0 bridgehead atoms. The van der Waals surface area contributed by atoms with Gasteiger partial charge in [-0.05, 0) is 20.8 Å². The molecule has 0 spiro atoms. The Morgan fingerprint density at radius 1 is 1.32 bits per heavy atom. The van der Waals surface area contributed by atoms with E-state index in [9.17, 15) is 0 Å². The van der Waals surface area contributed by atoms with Gasteiger partial charge in [-0.3, -0.25) is 0 Å². The quantitative estimate of drug-likeness (QED) is 0.789. The number of nitrogens with zero attached hydrogens (tertiary/aromatic N) is 3. The molecule has 2 aromatic heterocycles. The highest BCUT2D eigenvalue weighted by atomic mass is 35.5. The summed E-state index contributed by atoms with van der Waals surface area (Å²) in [5.41, 5.74) is 1.18. The van der Waals surface area contributed by atoms with Crippen molar-refractivity contribution in [1.82, 2.24) is 15.1 Å². The Hall–Kier alpha value is -1.86. The van der Waals surface area contributed by atoms with Gasteiger partial charge in [0.25, 0.3) is 0 Å². The SMILES string of the molecule is CNc1c(Cl)ncnc1NCc1cc(COC(C)(C)C)on1. The summed E-state index contributed by atoms with van der Waals surface area (Å²) >= 11 is 6.00. The van der Waals surface area contributed by atoms with Gasteiger partial charge in [0.05, 0.1) is 12.1 Å². The highest BCUT2D eigenvalue weighted by Crippen LogP contribution is 2.25. The molecule has 0 saturated heterocycles. The molecule has 120 valence electrons. The van der Waals surface area contributed by atoms with Crippen LogP contribution >= 0.6 is 11.6 Å². The first-order valence-corrected chi connectivity index (χ1v) is 7.27. The van der Waals surface area contributed by atoms with Gasteiger partial charge in [0.2, 0.25) is 0 Å². The lowest BCUT2D eigenvalue weighted by molar-refractivity contribution is -0.0241. The Bertz CT molecular complexity index is 624. The Kier molecular flexibility index (Phi) is 5.20. The summed E-state index contributed by atoms with van der Waals surface area (Å²) in [6.07, 6.45) is 1.40. The van der Waals surface area contributed by atoms with Crippen molar-refractivity contribution < 1.29 is 9.26 Å². The average molecular weight is 326 g/mol. The molecule has 22 heavy (non-hydrogen) atoms. The van der Waals surface area contributed by atoms with Gasteiger partial charge in [-0.2, -0.15) is 0 Å². The lowest BCUT2D eigenvalue weighted by Gasteiger charge is -2.17. The topological polar surface area (TPSA) is 85.1 Å². The standard InChI is InChI=1S/C14H20ClN5O2/c1-14(2,3)21-7-10-5-9(20-22-10)6-17-13-11(16-4)12(15)18-8-19-13/h5,8,16H,6-7H2,1-4H3,(H,17,18,19). The molecule has 2 N–H and O–H groups in total. The van der Waals surface area contributed by atoms with Crippen LogP contribution in [0.5, 0.6) is 0 Å². The fraction of sp³-hybridized carbons (Fsp3) is 0.500. The van der Waals surface area contributed by atoms with Crippen molar-refractivity contribution in [3.05, 3.63) is 29.0 Å². The number of hydrogen-bond acceptors (Lipinski definition) is 7. The van der Waals surface area contributed by atoms with E-state index in [-0.39, 0.29) is 5.60 Å². The first kappa shape index (κ1) is 16.5. The second-order valence-electron chi connectivity index (χ2n) is 5.68. The average Bonchev–Trinajstić information content (AvgIpc) is 2.90.